The summed E-state index contributed by atoms with van der Waals surface area (Å²) in [5, 5.41) is 5.11. The average molecular weight is 305 g/mol. The molecule has 112 valence electrons. The Balaban J connectivity index is 2.17. The van der Waals surface area contributed by atoms with Crippen LogP contribution >= 0.6 is 11.6 Å². The molecule has 2 rings (SSSR count). The molecule has 2 aromatic rings. The van der Waals surface area contributed by atoms with Crippen LogP contribution in [0.15, 0.2) is 24.3 Å². The molecule has 4 heteroatoms. The first-order valence-corrected chi connectivity index (χ1v) is 7.74. The molecule has 1 aromatic heterocycles. The van der Waals surface area contributed by atoms with Crippen LogP contribution in [-0.4, -0.2) is 15.6 Å². The zero-order chi connectivity index (χ0) is 15.4. The van der Waals surface area contributed by atoms with Crippen LogP contribution in [0.5, 0.6) is 0 Å². The van der Waals surface area contributed by atoms with Gasteiger partial charge in [0, 0.05) is 13.0 Å². The number of hydrogen-bond donors (Lipinski definition) is 0. The maximum absolute atomic E-state index is 12.4. The fourth-order valence-corrected chi connectivity index (χ4v) is 2.79. The van der Waals surface area contributed by atoms with Crippen LogP contribution in [0, 0.1) is 6.92 Å². The minimum absolute atomic E-state index is 0.170. The monoisotopic (exact) mass is 304 g/mol. The van der Waals surface area contributed by atoms with Crippen LogP contribution in [0.1, 0.15) is 36.4 Å². The lowest BCUT2D eigenvalue weighted by Gasteiger charge is -2.07. The number of rotatable bonds is 6. The smallest absolute Gasteiger partial charge is 0.143 e. The molecule has 3 nitrogen and oxygen atoms in total. The summed E-state index contributed by atoms with van der Waals surface area (Å²) in [6.45, 7) is 6.79. The summed E-state index contributed by atoms with van der Waals surface area (Å²) in [7, 11) is 0. The lowest BCUT2D eigenvalue weighted by atomic mass is 10.0. The van der Waals surface area contributed by atoms with Crippen LogP contribution in [0.3, 0.4) is 0 Å². The van der Waals surface area contributed by atoms with Crippen LogP contribution in [0.25, 0.3) is 0 Å². The van der Waals surface area contributed by atoms with Gasteiger partial charge in [0.1, 0.15) is 5.78 Å². The van der Waals surface area contributed by atoms with E-state index in [1.54, 1.807) is 0 Å². The van der Waals surface area contributed by atoms with Crippen molar-refractivity contribution in [3.63, 3.8) is 0 Å². The third-order valence-corrected chi connectivity index (χ3v) is 4.14. The zero-order valence-corrected chi connectivity index (χ0v) is 13.6. The second-order valence-corrected chi connectivity index (χ2v) is 5.57. The lowest BCUT2D eigenvalue weighted by Crippen LogP contribution is -2.12. The van der Waals surface area contributed by atoms with E-state index in [9.17, 15) is 4.79 Å². The van der Waals surface area contributed by atoms with Crippen molar-refractivity contribution in [2.24, 2.45) is 0 Å². The summed E-state index contributed by atoms with van der Waals surface area (Å²) in [6.07, 6.45) is 1.57. The molecule has 0 amide bonds. The van der Waals surface area contributed by atoms with Crippen molar-refractivity contribution < 1.29 is 4.79 Å². The fourth-order valence-electron chi connectivity index (χ4n) is 2.46. The van der Waals surface area contributed by atoms with Gasteiger partial charge in [-0.3, -0.25) is 9.48 Å². The molecule has 0 N–H and O–H groups in total. The van der Waals surface area contributed by atoms with E-state index in [0.29, 0.717) is 17.9 Å². The van der Waals surface area contributed by atoms with E-state index in [0.717, 1.165) is 35.5 Å². The average Bonchev–Trinajstić information content (AvgIpc) is 2.77. The Bertz CT molecular complexity index is 646. The van der Waals surface area contributed by atoms with E-state index in [1.165, 1.54) is 0 Å². The van der Waals surface area contributed by atoms with Crippen molar-refractivity contribution in [1.29, 1.82) is 0 Å². The van der Waals surface area contributed by atoms with Gasteiger partial charge >= 0.3 is 0 Å². The van der Waals surface area contributed by atoms with Crippen molar-refractivity contribution in [3.8, 4) is 0 Å². The molecule has 1 heterocycles. The van der Waals surface area contributed by atoms with Gasteiger partial charge in [0.15, 0.2) is 0 Å². The Morgan fingerprint density at radius 2 is 1.95 bits per heavy atom. The molecule has 0 aliphatic heterocycles. The van der Waals surface area contributed by atoms with E-state index in [2.05, 4.69) is 5.10 Å². The molecule has 0 unspecified atom stereocenters. The predicted octanol–water partition coefficient (Wildman–Crippen LogP) is 3.78. The Kier molecular flexibility index (Phi) is 5.18. The highest BCUT2D eigenvalue weighted by Crippen LogP contribution is 2.23. The topological polar surface area (TPSA) is 34.9 Å². The van der Waals surface area contributed by atoms with Crippen LogP contribution in [0.2, 0.25) is 5.02 Å². The molecular formula is C17H21ClN2O. The van der Waals surface area contributed by atoms with E-state index in [-0.39, 0.29) is 5.78 Å². The van der Waals surface area contributed by atoms with Crippen LogP contribution in [-0.2, 0) is 30.6 Å². The highest BCUT2D eigenvalue weighted by molar-refractivity contribution is 6.32. The Hall–Kier alpha value is -1.61. The highest BCUT2D eigenvalue weighted by atomic mass is 35.5. The van der Waals surface area contributed by atoms with E-state index >= 15 is 0 Å². The molecule has 0 atom stereocenters. The molecule has 0 aliphatic rings. The molecule has 0 aliphatic carbocycles. The third kappa shape index (κ3) is 3.53. The number of aromatic nitrogens is 2. The lowest BCUT2D eigenvalue weighted by molar-refractivity contribution is -0.117. The molecule has 0 radical (unpaired) electrons. The third-order valence-electron chi connectivity index (χ3n) is 3.71. The molecule has 0 saturated carbocycles. The number of benzene rings is 1. The highest BCUT2D eigenvalue weighted by Gasteiger charge is 2.17. The molecule has 0 bridgehead atoms. The summed E-state index contributed by atoms with van der Waals surface area (Å²) in [4.78, 5) is 12.4. The van der Waals surface area contributed by atoms with Crippen molar-refractivity contribution in [2.45, 2.75) is 46.6 Å². The Labute approximate surface area is 130 Å². The number of nitrogens with zero attached hydrogens (tertiary/aromatic N) is 2. The fraction of sp³-hybridized carbons (Fsp3) is 0.412. The molecule has 21 heavy (non-hydrogen) atoms. The number of ketones is 1. The van der Waals surface area contributed by atoms with Gasteiger partial charge in [-0.2, -0.15) is 5.10 Å². The minimum atomic E-state index is 0.170. The van der Waals surface area contributed by atoms with E-state index in [4.69, 9.17) is 11.6 Å². The molecule has 0 fully saturated rings. The summed E-state index contributed by atoms with van der Waals surface area (Å²) in [5.41, 5.74) is 3.94. The van der Waals surface area contributed by atoms with Crippen molar-refractivity contribution in [1.82, 2.24) is 9.78 Å². The van der Waals surface area contributed by atoms with Gasteiger partial charge in [0.25, 0.3) is 0 Å². The molecule has 0 spiro atoms. The van der Waals surface area contributed by atoms with Gasteiger partial charge in [-0.15, -0.1) is 0 Å². The first kappa shape index (κ1) is 15.8. The van der Waals surface area contributed by atoms with Crippen LogP contribution < -0.4 is 0 Å². The van der Waals surface area contributed by atoms with Crippen molar-refractivity contribution in [3.05, 3.63) is 51.8 Å². The van der Waals surface area contributed by atoms with Gasteiger partial charge in [0.05, 0.1) is 22.8 Å². The van der Waals surface area contributed by atoms with Gasteiger partial charge in [0.2, 0.25) is 0 Å². The zero-order valence-electron chi connectivity index (χ0n) is 12.8. The van der Waals surface area contributed by atoms with Gasteiger partial charge < -0.3 is 0 Å². The van der Waals surface area contributed by atoms with Gasteiger partial charge in [-0.1, -0.05) is 42.8 Å². The van der Waals surface area contributed by atoms with Crippen molar-refractivity contribution in [2.75, 3.05) is 0 Å². The Morgan fingerprint density at radius 1 is 1.24 bits per heavy atom. The summed E-state index contributed by atoms with van der Waals surface area (Å²) < 4.78 is 1.84. The largest absolute Gasteiger partial charge is 0.299 e. The van der Waals surface area contributed by atoms with Gasteiger partial charge in [-0.25, -0.2) is 0 Å². The minimum Gasteiger partial charge on any atom is -0.299 e. The number of halogens is 1. The maximum Gasteiger partial charge on any atom is 0.143 e. The van der Waals surface area contributed by atoms with Crippen LogP contribution in [0.4, 0.5) is 0 Å². The predicted molar refractivity (Wildman–Crippen MR) is 85.9 cm³/mol. The normalized spacial score (nSPS) is 10.9. The van der Waals surface area contributed by atoms with E-state index < -0.39 is 0 Å². The number of carbonyl (C=O) groups is 1. The summed E-state index contributed by atoms with van der Waals surface area (Å²) >= 11 is 6.35. The van der Waals surface area contributed by atoms with E-state index in [1.807, 2.05) is 49.7 Å². The van der Waals surface area contributed by atoms with Crippen molar-refractivity contribution >= 4 is 17.4 Å². The molecule has 0 saturated heterocycles. The summed E-state index contributed by atoms with van der Waals surface area (Å²) in [6, 6.07) is 7.98. The number of carbonyl (C=O) groups excluding carboxylic acids is 1. The second kappa shape index (κ2) is 6.90. The molecular weight excluding hydrogens is 284 g/mol. The number of Topliss-reactive ketones (excluding diaryl/α,β-unsaturated/α-hetero) is 1. The first-order valence-electron chi connectivity index (χ1n) is 7.37. The standard InChI is InChI=1S/C17H21ClN2O/c1-4-15-17(18)16(20(5-2)19-15)11-14(21)10-13-9-7-6-8-12(13)3/h6-9H,4-5,10-11H2,1-3H3. The second-order valence-electron chi connectivity index (χ2n) is 5.20. The molecule has 1 aromatic carbocycles. The Morgan fingerprint density at radius 3 is 2.57 bits per heavy atom. The number of hydrogen-bond acceptors (Lipinski definition) is 2. The number of aryl methyl sites for hydroxylation is 3. The summed E-state index contributed by atoms with van der Waals surface area (Å²) in [5.74, 6) is 0.170. The maximum atomic E-state index is 12.4. The van der Waals surface area contributed by atoms with Gasteiger partial charge in [-0.05, 0) is 31.4 Å². The SMILES string of the molecule is CCc1nn(CC)c(CC(=O)Cc2ccccc2C)c1Cl. The quantitative estimate of drug-likeness (QED) is 0.814. The first-order chi connectivity index (χ1) is 10.1.